The van der Waals surface area contributed by atoms with Crippen molar-refractivity contribution in [2.75, 3.05) is 0 Å². The van der Waals surface area contributed by atoms with E-state index in [0.717, 1.165) is 5.56 Å². The number of hydrogen-bond donors (Lipinski definition) is 1. The number of amides is 1. The SMILES string of the molecule is Cc1ccc(C(N)=O)cc1.Cl.Cl. The topological polar surface area (TPSA) is 43.1 Å². The number of hydrogen-bond acceptors (Lipinski definition) is 1. The molecule has 4 heteroatoms. The first-order chi connectivity index (χ1) is 4.70. The molecule has 0 heterocycles. The third kappa shape index (κ3) is 3.60. The molecule has 0 spiro atoms. The lowest BCUT2D eigenvalue weighted by Gasteiger charge is -1.93. The molecular formula is C8H11Cl2NO. The molecule has 68 valence electrons. The molecule has 0 aliphatic carbocycles. The Kier molecular flexibility index (Phi) is 6.76. The highest BCUT2D eigenvalue weighted by molar-refractivity contribution is 5.92. The summed E-state index contributed by atoms with van der Waals surface area (Å²) in [7, 11) is 0. The van der Waals surface area contributed by atoms with Crippen LogP contribution in [0.5, 0.6) is 0 Å². The minimum atomic E-state index is -0.375. The molecule has 1 aromatic rings. The zero-order valence-corrected chi connectivity index (χ0v) is 8.24. The molecular weight excluding hydrogens is 197 g/mol. The van der Waals surface area contributed by atoms with E-state index in [1.165, 1.54) is 0 Å². The third-order valence-electron chi connectivity index (χ3n) is 1.34. The van der Waals surface area contributed by atoms with E-state index < -0.39 is 0 Å². The van der Waals surface area contributed by atoms with Crippen LogP contribution in [0.4, 0.5) is 0 Å². The van der Waals surface area contributed by atoms with E-state index in [1.807, 2.05) is 19.1 Å². The molecule has 0 radical (unpaired) electrons. The first kappa shape index (κ1) is 13.8. The fourth-order valence-electron chi connectivity index (χ4n) is 0.718. The average molecular weight is 208 g/mol. The summed E-state index contributed by atoms with van der Waals surface area (Å²) in [4.78, 5) is 10.5. The first-order valence-electron chi connectivity index (χ1n) is 3.06. The van der Waals surface area contributed by atoms with Crippen LogP contribution in [0.1, 0.15) is 15.9 Å². The normalized spacial score (nSPS) is 7.75. The molecule has 0 saturated carbocycles. The number of aryl methyl sites for hydroxylation is 1. The fourth-order valence-corrected chi connectivity index (χ4v) is 0.718. The molecule has 1 amide bonds. The maximum absolute atomic E-state index is 10.5. The molecule has 2 N–H and O–H groups in total. The van der Waals surface area contributed by atoms with Gasteiger partial charge in [-0.2, -0.15) is 0 Å². The lowest BCUT2D eigenvalue weighted by atomic mass is 10.1. The number of nitrogens with two attached hydrogens (primary N) is 1. The summed E-state index contributed by atoms with van der Waals surface area (Å²) in [6.07, 6.45) is 0. The van der Waals surface area contributed by atoms with Crippen molar-refractivity contribution in [3.8, 4) is 0 Å². The summed E-state index contributed by atoms with van der Waals surface area (Å²) in [6.45, 7) is 1.96. The molecule has 1 aromatic carbocycles. The molecule has 0 aromatic heterocycles. The molecule has 0 bridgehead atoms. The van der Waals surface area contributed by atoms with Gasteiger partial charge in [-0.15, -0.1) is 24.8 Å². The molecule has 0 aliphatic rings. The number of carbonyl (C=O) groups excluding carboxylic acids is 1. The minimum absolute atomic E-state index is 0. The monoisotopic (exact) mass is 207 g/mol. The van der Waals surface area contributed by atoms with Crippen molar-refractivity contribution in [1.29, 1.82) is 0 Å². The van der Waals surface area contributed by atoms with Crippen LogP contribution in [0.3, 0.4) is 0 Å². The van der Waals surface area contributed by atoms with Crippen LogP contribution in [0.2, 0.25) is 0 Å². The van der Waals surface area contributed by atoms with Crippen molar-refractivity contribution in [2.45, 2.75) is 6.92 Å². The Hall–Kier alpha value is -0.730. The van der Waals surface area contributed by atoms with Crippen molar-refractivity contribution in [3.63, 3.8) is 0 Å². The Balaban J connectivity index is 0. The molecule has 0 aliphatic heterocycles. The van der Waals surface area contributed by atoms with Gasteiger partial charge in [-0.25, -0.2) is 0 Å². The van der Waals surface area contributed by atoms with E-state index >= 15 is 0 Å². The zero-order chi connectivity index (χ0) is 7.56. The highest BCUT2D eigenvalue weighted by Crippen LogP contribution is 2.00. The van der Waals surface area contributed by atoms with Gasteiger partial charge in [0.2, 0.25) is 5.91 Å². The Morgan fingerprint density at radius 1 is 1.17 bits per heavy atom. The number of primary amides is 1. The summed E-state index contributed by atoms with van der Waals surface area (Å²) >= 11 is 0. The van der Waals surface area contributed by atoms with Crippen molar-refractivity contribution in [3.05, 3.63) is 35.4 Å². The Bertz CT molecular complexity index is 246. The summed E-state index contributed by atoms with van der Waals surface area (Å²) in [5.74, 6) is -0.375. The number of benzene rings is 1. The highest BCUT2D eigenvalue weighted by atomic mass is 35.5. The molecule has 0 atom stereocenters. The number of rotatable bonds is 1. The predicted molar refractivity (Wildman–Crippen MR) is 54.2 cm³/mol. The standard InChI is InChI=1S/C8H9NO.2ClH/c1-6-2-4-7(5-3-6)8(9)10;;/h2-5H,1H3,(H2,9,10);2*1H. The molecule has 2 nitrogen and oxygen atoms in total. The number of halogens is 2. The maximum atomic E-state index is 10.5. The minimum Gasteiger partial charge on any atom is -0.366 e. The van der Waals surface area contributed by atoms with E-state index in [1.54, 1.807) is 12.1 Å². The molecule has 0 saturated heterocycles. The van der Waals surface area contributed by atoms with Crippen LogP contribution >= 0.6 is 24.8 Å². The van der Waals surface area contributed by atoms with Crippen LogP contribution in [0, 0.1) is 6.92 Å². The maximum Gasteiger partial charge on any atom is 0.248 e. The van der Waals surface area contributed by atoms with Crippen molar-refractivity contribution < 1.29 is 4.79 Å². The Morgan fingerprint density at radius 2 is 1.58 bits per heavy atom. The Morgan fingerprint density at radius 3 is 1.92 bits per heavy atom. The highest BCUT2D eigenvalue weighted by Gasteiger charge is 1.95. The van der Waals surface area contributed by atoms with Gasteiger partial charge in [0, 0.05) is 5.56 Å². The average Bonchev–Trinajstić information content (AvgIpc) is 1.88. The molecule has 1 rings (SSSR count). The Labute approximate surface area is 84.0 Å². The molecule has 0 unspecified atom stereocenters. The van der Waals surface area contributed by atoms with Gasteiger partial charge in [-0.05, 0) is 19.1 Å². The van der Waals surface area contributed by atoms with Gasteiger partial charge >= 0.3 is 0 Å². The molecule has 12 heavy (non-hydrogen) atoms. The summed E-state index contributed by atoms with van der Waals surface area (Å²) in [5.41, 5.74) is 6.72. The van der Waals surface area contributed by atoms with Crippen LogP contribution in [0.25, 0.3) is 0 Å². The first-order valence-corrected chi connectivity index (χ1v) is 3.06. The van der Waals surface area contributed by atoms with Gasteiger partial charge in [-0.3, -0.25) is 4.79 Å². The predicted octanol–water partition coefficient (Wildman–Crippen LogP) is 1.94. The quantitative estimate of drug-likeness (QED) is 0.752. The largest absolute Gasteiger partial charge is 0.366 e. The van der Waals surface area contributed by atoms with Crippen molar-refractivity contribution in [1.82, 2.24) is 0 Å². The third-order valence-corrected chi connectivity index (χ3v) is 1.34. The van der Waals surface area contributed by atoms with Crippen LogP contribution < -0.4 is 5.73 Å². The van der Waals surface area contributed by atoms with Gasteiger partial charge in [0.25, 0.3) is 0 Å². The molecule has 0 fully saturated rings. The van der Waals surface area contributed by atoms with Crippen molar-refractivity contribution in [2.24, 2.45) is 5.73 Å². The number of carbonyl (C=O) groups is 1. The van der Waals surface area contributed by atoms with Crippen LogP contribution in [-0.4, -0.2) is 5.91 Å². The van der Waals surface area contributed by atoms with E-state index in [-0.39, 0.29) is 30.7 Å². The fraction of sp³-hybridized carbons (Fsp3) is 0.125. The van der Waals surface area contributed by atoms with Gasteiger partial charge < -0.3 is 5.73 Å². The summed E-state index contributed by atoms with van der Waals surface area (Å²) in [6, 6.07) is 7.16. The van der Waals surface area contributed by atoms with E-state index in [9.17, 15) is 4.79 Å². The second-order valence-electron chi connectivity index (χ2n) is 2.23. The second kappa shape index (κ2) is 5.86. The van der Waals surface area contributed by atoms with Crippen LogP contribution in [0.15, 0.2) is 24.3 Å². The van der Waals surface area contributed by atoms with Gasteiger partial charge in [0.1, 0.15) is 0 Å². The van der Waals surface area contributed by atoms with Crippen molar-refractivity contribution >= 4 is 30.7 Å². The lowest BCUT2D eigenvalue weighted by molar-refractivity contribution is 0.100. The van der Waals surface area contributed by atoms with E-state index in [0.29, 0.717) is 5.56 Å². The van der Waals surface area contributed by atoms with Gasteiger partial charge in [0.05, 0.1) is 0 Å². The summed E-state index contributed by atoms with van der Waals surface area (Å²) in [5, 5.41) is 0. The van der Waals surface area contributed by atoms with Crippen LogP contribution in [-0.2, 0) is 0 Å². The smallest absolute Gasteiger partial charge is 0.248 e. The van der Waals surface area contributed by atoms with Gasteiger partial charge in [-0.1, -0.05) is 17.7 Å². The zero-order valence-electron chi connectivity index (χ0n) is 6.61. The second-order valence-corrected chi connectivity index (χ2v) is 2.23. The summed E-state index contributed by atoms with van der Waals surface area (Å²) < 4.78 is 0. The van der Waals surface area contributed by atoms with E-state index in [4.69, 9.17) is 5.73 Å². The van der Waals surface area contributed by atoms with Gasteiger partial charge in [0.15, 0.2) is 0 Å². The lowest BCUT2D eigenvalue weighted by Crippen LogP contribution is -2.10. The van der Waals surface area contributed by atoms with E-state index in [2.05, 4.69) is 0 Å².